The summed E-state index contributed by atoms with van der Waals surface area (Å²) in [5.74, 6) is -0.215. The molecule has 1 aliphatic rings. The Labute approximate surface area is 209 Å². The van der Waals surface area contributed by atoms with E-state index in [1.165, 1.54) is 0 Å². The first-order valence-electron chi connectivity index (χ1n) is 11.9. The Balaban J connectivity index is 1.22. The van der Waals surface area contributed by atoms with Gasteiger partial charge < -0.3 is 14.4 Å². The minimum absolute atomic E-state index is 0.0410. The predicted octanol–water partition coefficient (Wildman–Crippen LogP) is 5.80. The summed E-state index contributed by atoms with van der Waals surface area (Å²) in [6.07, 6.45) is -0.881. The van der Waals surface area contributed by atoms with Crippen molar-refractivity contribution in [1.29, 1.82) is 0 Å². The van der Waals surface area contributed by atoms with Crippen LogP contribution in [0.25, 0.3) is 10.8 Å². The molecule has 1 heterocycles. The van der Waals surface area contributed by atoms with Gasteiger partial charge in [-0.3, -0.25) is 14.4 Å². The summed E-state index contributed by atoms with van der Waals surface area (Å²) in [5, 5.41) is 2.10. The van der Waals surface area contributed by atoms with E-state index in [2.05, 4.69) is 0 Å². The van der Waals surface area contributed by atoms with Gasteiger partial charge in [0.15, 0.2) is 6.10 Å². The number of amides is 1. The molecule has 4 aromatic carbocycles. The van der Waals surface area contributed by atoms with Gasteiger partial charge in [-0.1, -0.05) is 66.7 Å². The van der Waals surface area contributed by atoms with Gasteiger partial charge in [-0.15, -0.1) is 0 Å². The largest absolute Gasteiger partial charge is 0.457 e. The number of anilines is 1. The normalized spacial score (nSPS) is 16.1. The van der Waals surface area contributed by atoms with Gasteiger partial charge in [-0.05, 0) is 42.6 Å². The molecule has 1 saturated heterocycles. The number of hydrogen-bond donors (Lipinski definition) is 0. The maximum atomic E-state index is 12.7. The van der Waals surface area contributed by atoms with Gasteiger partial charge in [0.2, 0.25) is 11.7 Å². The first-order chi connectivity index (χ1) is 17.5. The molecule has 0 N–H and O–H groups in total. The zero-order chi connectivity index (χ0) is 25.1. The van der Waals surface area contributed by atoms with Gasteiger partial charge in [0.1, 0.15) is 11.5 Å². The third-order valence-electron chi connectivity index (χ3n) is 6.30. The number of ketones is 1. The lowest BCUT2D eigenvalue weighted by Gasteiger charge is -2.18. The Morgan fingerprint density at radius 2 is 1.56 bits per heavy atom. The van der Waals surface area contributed by atoms with Crippen LogP contribution in [0.5, 0.6) is 11.5 Å². The van der Waals surface area contributed by atoms with Crippen LogP contribution < -0.4 is 9.64 Å². The van der Waals surface area contributed by atoms with Crippen molar-refractivity contribution in [2.75, 3.05) is 11.4 Å². The lowest BCUT2D eigenvalue weighted by Crippen LogP contribution is -2.30. The Kier molecular flexibility index (Phi) is 6.50. The molecule has 1 fully saturated rings. The molecule has 4 aromatic rings. The molecule has 5 rings (SSSR count). The van der Waals surface area contributed by atoms with Gasteiger partial charge in [0.05, 0.1) is 5.92 Å². The van der Waals surface area contributed by atoms with Crippen molar-refractivity contribution in [3.8, 4) is 11.5 Å². The third-order valence-corrected chi connectivity index (χ3v) is 6.30. The van der Waals surface area contributed by atoms with Crippen LogP contribution in [0, 0.1) is 5.92 Å². The molecule has 0 unspecified atom stereocenters. The molecule has 0 spiro atoms. The molecule has 36 heavy (non-hydrogen) atoms. The van der Waals surface area contributed by atoms with Crippen molar-refractivity contribution >= 4 is 34.1 Å². The first-order valence-corrected chi connectivity index (χ1v) is 11.9. The molecule has 2 atom stereocenters. The van der Waals surface area contributed by atoms with E-state index < -0.39 is 18.0 Å². The van der Waals surface area contributed by atoms with E-state index in [0.29, 0.717) is 17.0 Å². The highest BCUT2D eigenvalue weighted by Crippen LogP contribution is 2.32. The van der Waals surface area contributed by atoms with Crippen LogP contribution in [0.4, 0.5) is 5.69 Å². The van der Waals surface area contributed by atoms with E-state index in [-0.39, 0.29) is 24.7 Å². The zero-order valence-corrected chi connectivity index (χ0v) is 19.8. The average molecular weight is 480 g/mol. The van der Waals surface area contributed by atoms with Crippen molar-refractivity contribution in [3.05, 3.63) is 103 Å². The number of Topliss-reactive ketones (excluding diaryl/α,β-unsaturated/α-hetero) is 1. The van der Waals surface area contributed by atoms with E-state index in [0.717, 1.165) is 16.5 Å². The number of carbonyl (C=O) groups is 3. The zero-order valence-electron chi connectivity index (χ0n) is 19.8. The van der Waals surface area contributed by atoms with Crippen LogP contribution >= 0.6 is 0 Å². The van der Waals surface area contributed by atoms with E-state index in [4.69, 9.17) is 9.47 Å². The molecule has 0 aromatic heterocycles. The van der Waals surface area contributed by atoms with Crippen LogP contribution in [0.3, 0.4) is 0 Å². The monoisotopic (exact) mass is 479 g/mol. The highest BCUT2D eigenvalue weighted by Gasteiger charge is 2.37. The fourth-order valence-corrected chi connectivity index (χ4v) is 4.38. The summed E-state index contributed by atoms with van der Waals surface area (Å²) in [6, 6.07) is 29.8. The number of esters is 1. The standard InChI is InChI=1S/C30H25NO5/c1-20(29(33)22-9-3-2-4-10-22)35-30(34)23-18-28(32)31(19-23)24-14-16-25(17-15-24)36-27-13-7-11-21-8-5-6-12-26(21)27/h2-17,20,23H,18-19H2,1H3/t20-,23-/m1/s1. The SMILES string of the molecule is C[C@@H](OC(=O)[C@@H]1CC(=O)N(c2ccc(Oc3cccc4ccccc34)cc2)C1)C(=O)c1ccccc1. The Bertz CT molecular complexity index is 1410. The molecule has 6 heteroatoms. The van der Waals surface area contributed by atoms with E-state index in [9.17, 15) is 14.4 Å². The van der Waals surface area contributed by atoms with Crippen LogP contribution in [-0.4, -0.2) is 30.3 Å². The van der Waals surface area contributed by atoms with Gasteiger partial charge in [0.25, 0.3) is 0 Å². The van der Waals surface area contributed by atoms with Crippen LogP contribution in [0.15, 0.2) is 97.1 Å². The highest BCUT2D eigenvalue weighted by molar-refractivity contribution is 6.02. The molecule has 1 amide bonds. The maximum absolute atomic E-state index is 12.7. The van der Waals surface area contributed by atoms with Gasteiger partial charge >= 0.3 is 5.97 Å². The van der Waals surface area contributed by atoms with E-state index in [1.54, 1.807) is 60.4 Å². The molecule has 6 nitrogen and oxygen atoms in total. The molecule has 0 aliphatic carbocycles. The molecular formula is C30H25NO5. The Morgan fingerprint density at radius 1 is 0.861 bits per heavy atom. The summed E-state index contributed by atoms with van der Waals surface area (Å²) >= 11 is 0. The van der Waals surface area contributed by atoms with Crippen LogP contribution in [0.1, 0.15) is 23.7 Å². The smallest absolute Gasteiger partial charge is 0.312 e. The molecule has 1 aliphatic heterocycles. The molecule has 0 bridgehead atoms. The van der Waals surface area contributed by atoms with Gasteiger partial charge in [-0.25, -0.2) is 0 Å². The number of fused-ring (bicyclic) bond motifs is 1. The highest BCUT2D eigenvalue weighted by atomic mass is 16.5. The van der Waals surface area contributed by atoms with Crippen LogP contribution in [0.2, 0.25) is 0 Å². The van der Waals surface area contributed by atoms with Crippen molar-refractivity contribution in [1.82, 2.24) is 0 Å². The fraction of sp³-hybridized carbons (Fsp3) is 0.167. The topological polar surface area (TPSA) is 72.9 Å². The van der Waals surface area contributed by atoms with Gasteiger partial charge in [0, 0.05) is 29.6 Å². The number of carbonyl (C=O) groups excluding carboxylic acids is 3. The third kappa shape index (κ3) is 4.84. The number of nitrogens with zero attached hydrogens (tertiary/aromatic N) is 1. The molecular weight excluding hydrogens is 454 g/mol. The van der Waals surface area contributed by atoms with Gasteiger partial charge in [-0.2, -0.15) is 0 Å². The second-order valence-corrected chi connectivity index (χ2v) is 8.79. The van der Waals surface area contributed by atoms with Crippen molar-refractivity contribution in [3.63, 3.8) is 0 Å². The lowest BCUT2D eigenvalue weighted by atomic mass is 10.1. The second-order valence-electron chi connectivity index (χ2n) is 8.79. The summed E-state index contributed by atoms with van der Waals surface area (Å²) in [6.45, 7) is 1.75. The van der Waals surface area contributed by atoms with Crippen molar-refractivity contribution < 1.29 is 23.9 Å². The quantitative estimate of drug-likeness (QED) is 0.247. The fourth-order valence-electron chi connectivity index (χ4n) is 4.38. The second kappa shape index (κ2) is 10.0. The number of ether oxygens (including phenoxy) is 2. The maximum Gasteiger partial charge on any atom is 0.312 e. The minimum atomic E-state index is -0.922. The van der Waals surface area contributed by atoms with Crippen LogP contribution in [-0.2, 0) is 14.3 Å². The molecule has 0 saturated carbocycles. The number of hydrogen-bond acceptors (Lipinski definition) is 5. The van der Waals surface area contributed by atoms with Crippen molar-refractivity contribution in [2.24, 2.45) is 5.92 Å². The summed E-state index contributed by atoms with van der Waals surface area (Å²) < 4.78 is 11.5. The average Bonchev–Trinajstić information content (AvgIpc) is 3.31. The summed E-state index contributed by atoms with van der Waals surface area (Å²) in [5.41, 5.74) is 1.15. The predicted molar refractivity (Wildman–Crippen MR) is 137 cm³/mol. The minimum Gasteiger partial charge on any atom is -0.457 e. The number of benzene rings is 4. The van der Waals surface area contributed by atoms with E-state index in [1.807, 2.05) is 48.5 Å². The number of rotatable bonds is 7. The van der Waals surface area contributed by atoms with E-state index >= 15 is 0 Å². The Hall–Kier alpha value is -4.45. The lowest BCUT2D eigenvalue weighted by molar-refractivity contribution is -0.151. The first kappa shape index (κ1) is 23.3. The summed E-state index contributed by atoms with van der Waals surface area (Å²) in [7, 11) is 0. The van der Waals surface area contributed by atoms with Crippen molar-refractivity contribution in [2.45, 2.75) is 19.4 Å². The summed E-state index contributed by atoms with van der Waals surface area (Å²) in [4.78, 5) is 39.5. The molecule has 0 radical (unpaired) electrons. The molecule has 180 valence electrons. The Morgan fingerprint density at radius 3 is 2.33 bits per heavy atom.